The summed E-state index contributed by atoms with van der Waals surface area (Å²) in [7, 11) is 0. The van der Waals surface area contributed by atoms with Crippen LogP contribution in [0.4, 0.5) is 0 Å². The van der Waals surface area contributed by atoms with Crippen molar-refractivity contribution in [3.05, 3.63) is 0 Å². The van der Waals surface area contributed by atoms with Crippen LogP contribution in [0.5, 0.6) is 0 Å². The first-order valence-corrected chi connectivity index (χ1v) is 7.67. The average molecular weight is 254 g/mol. The molecular weight excluding hydrogens is 224 g/mol. The molecule has 0 radical (unpaired) electrons. The van der Waals surface area contributed by atoms with Crippen molar-refractivity contribution in [1.29, 1.82) is 0 Å². The number of hydrogen-bond acceptors (Lipinski definition) is 3. The standard InChI is InChI=1S/C15H30N2O/c1-4-15(3)9-14(7-8-18-15)17-11-13(10-16)6-5-12(17)2/h12-14H,4-11,16H2,1-3H3. The van der Waals surface area contributed by atoms with E-state index in [-0.39, 0.29) is 5.60 Å². The maximum atomic E-state index is 5.97. The van der Waals surface area contributed by atoms with Gasteiger partial charge in [-0.25, -0.2) is 0 Å². The van der Waals surface area contributed by atoms with Gasteiger partial charge in [-0.05, 0) is 58.4 Å². The monoisotopic (exact) mass is 254 g/mol. The van der Waals surface area contributed by atoms with E-state index in [1.807, 2.05) is 0 Å². The van der Waals surface area contributed by atoms with E-state index in [0.29, 0.717) is 12.0 Å². The Balaban J connectivity index is 2.00. The molecule has 2 N–H and O–H groups in total. The summed E-state index contributed by atoms with van der Waals surface area (Å²) in [6.45, 7) is 9.86. The molecule has 4 atom stereocenters. The van der Waals surface area contributed by atoms with Gasteiger partial charge in [0.15, 0.2) is 0 Å². The summed E-state index contributed by atoms with van der Waals surface area (Å²) >= 11 is 0. The minimum atomic E-state index is 0.0955. The van der Waals surface area contributed by atoms with Crippen LogP contribution < -0.4 is 5.73 Å². The number of rotatable bonds is 3. The van der Waals surface area contributed by atoms with Gasteiger partial charge < -0.3 is 10.5 Å². The molecular formula is C15H30N2O. The molecule has 2 saturated heterocycles. The zero-order valence-corrected chi connectivity index (χ0v) is 12.3. The lowest BCUT2D eigenvalue weighted by molar-refractivity contribution is -0.107. The molecule has 0 aromatic heterocycles. The van der Waals surface area contributed by atoms with Gasteiger partial charge in [0.05, 0.1) is 5.60 Å². The highest BCUT2D eigenvalue weighted by Gasteiger charge is 2.37. The smallest absolute Gasteiger partial charge is 0.0666 e. The van der Waals surface area contributed by atoms with Crippen molar-refractivity contribution in [2.75, 3.05) is 19.7 Å². The second kappa shape index (κ2) is 5.89. The first-order chi connectivity index (χ1) is 8.58. The predicted octanol–water partition coefficient (Wildman–Crippen LogP) is 2.39. The lowest BCUT2D eigenvalue weighted by atomic mass is 9.85. The molecule has 3 nitrogen and oxygen atoms in total. The van der Waals surface area contributed by atoms with Crippen molar-refractivity contribution >= 4 is 0 Å². The SMILES string of the molecule is CCC1(C)CC(N2CC(CN)CCC2C)CCO1. The lowest BCUT2D eigenvalue weighted by Crippen LogP contribution is -2.54. The van der Waals surface area contributed by atoms with E-state index >= 15 is 0 Å². The topological polar surface area (TPSA) is 38.5 Å². The van der Waals surface area contributed by atoms with Gasteiger partial charge in [0.2, 0.25) is 0 Å². The third-order valence-electron chi connectivity index (χ3n) is 5.15. The molecule has 0 bridgehead atoms. The van der Waals surface area contributed by atoms with Crippen molar-refractivity contribution < 1.29 is 4.74 Å². The lowest BCUT2D eigenvalue weighted by Gasteiger charge is -2.48. The van der Waals surface area contributed by atoms with E-state index in [2.05, 4.69) is 25.7 Å². The summed E-state index contributed by atoms with van der Waals surface area (Å²) in [6, 6.07) is 1.42. The van der Waals surface area contributed by atoms with Crippen LogP contribution in [0.25, 0.3) is 0 Å². The van der Waals surface area contributed by atoms with Crippen LogP contribution in [0.1, 0.15) is 52.9 Å². The van der Waals surface area contributed by atoms with E-state index < -0.39 is 0 Å². The van der Waals surface area contributed by atoms with E-state index in [0.717, 1.165) is 25.6 Å². The summed E-state index contributed by atoms with van der Waals surface area (Å²) in [6.07, 6.45) is 6.11. The van der Waals surface area contributed by atoms with Crippen LogP contribution in [-0.2, 0) is 4.74 Å². The summed E-state index contributed by atoms with van der Waals surface area (Å²) in [5, 5.41) is 0. The zero-order valence-electron chi connectivity index (χ0n) is 12.3. The molecule has 0 aromatic rings. The van der Waals surface area contributed by atoms with Gasteiger partial charge in [0.1, 0.15) is 0 Å². The molecule has 18 heavy (non-hydrogen) atoms. The van der Waals surface area contributed by atoms with Gasteiger partial charge in [-0.2, -0.15) is 0 Å². The highest BCUT2D eigenvalue weighted by Crippen LogP contribution is 2.34. The van der Waals surface area contributed by atoms with Crippen LogP contribution in [-0.4, -0.2) is 42.3 Å². The van der Waals surface area contributed by atoms with E-state index in [9.17, 15) is 0 Å². The third-order valence-corrected chi connectivity index (χ3v) is 5.15. The van der Waals surface area contributed by atoms with Gasteiger partial charge in [0, 0.05) is 25.2 Å². The minimum Gasteiger partial charge on any atom is -0.375 e. The Labute approximate surface area is 112 Å². The number of nitrogens with two attached hydrogens (primary N) is 1. The third kappa shape index (κ3) is 3.06. The quantitative estimate of drug-likeness (QED) is 0.840. The van der Waals surface area contributed by atoms with Crippen molar-refractivity contribution in [3.63, 3.8) is 0 Å². The number of hydrogen-bond donors (Lipinski definition) is 1. The molecule has 106 valence electrons. The van der Waals surface area contributed by atoms with Crippen molar-refractivity contribution in [2.45, 2.75) is 70.6 Å². The van der Waals surface area contributed by atoms with Gasteiger partial charge >= 0.3 is 0 Å². The first kappa shape index (κ1) is 14.3. The van der Waals surface area contributed by atoms with E-state index in [4.69, 9.17) is 10.5 Å². The highest BCUT2D eigenvalue weighted by molar-refractivity contribution is 4.91. The summed E-state index contributed by atoms with van der Waals surface area (Å²) < 4.78 is 5.97. The number of nitrogens with zero attached hydrogens (tertiary/aromatic N) is 1. The van der Waals surface area contributed by atoms with Crippen LogP contribution in [0.2, 0.25) is 0 Å². The molecule has 2 rings (SSSR count). The molecule has 0 spiro atoms. The fraction of sp³-hybridized carbons (Fsp3) is 1.00. The fourth-order valence-corrected chi connectivity index (χ4v) is 3.54. The molecule has 0 aromatic carbocycles. The van der Waals surface area contributed by atoms with E-state index in [1.165, 1.54) is 32.2 Å². The molecule has 2 fully saturated rings. The molecule has 0 amide bonds. The Hall–Kier alpha value is -0.120. The summed E-state index contributed by atoms with van der Waals surface area (Å²) in [5.41, 5.74) is 5.96. The molecule has 2 aliphatic heterocycles. The van der Waals surface area contributed by atoms with Crippen molar-refractivity contribution in [3.8, 4) is 0 Å². The van der Waals surface area contributed by atoms with Gasteiger partial charge in [-0.3, -0.25) is 4.90 Å². The molecule has 2 aliphatic rings. The molecule has 0 saturated carbocycles. The largest absolute Gasteiger partial charge is 0.375 e. The second-order valence-corrected chi connectivity index (χ2v) is 6.52. The Morgan fingerprint density at radius 2 is 2.11 bits per heavy atom. The zero-order chi connectivity index (χ0) is 13.2. The Kier molecular flexibility index (Phi) is 4.68. The Morgan fingerprint density at radius 3 is 2.78 bits per heavy atom. The number of likely N-dealkylation sites (tertiary alicyclic amines) is 1. The average Bonchev–Trinajstić information content (AvgIpc) is 2.39. The Bertz CT molecular complexity index is 271. The molecule has 2 heterocycles. The van der Waals surface area contributed by atoms with Crippen LogP contribution >= 0.6 is 0 Å². The van der Waals surface area contributed by atoms with Crippen LogP contribution in [0.15, 0.2) is 0 Å². The maximum Gasteiger partial charge on any atom is 0.0666 e. The van der Waals surface area contributed by atoms with Gasteiger partial charge in [0.25, 0.3) is 0 Å². The minimum absolute atomic E-state index is 0.0955. The summed E-state index contributed by atoms with van der Waals surface area (Å²) in [5.74, 6) is 0.705. The van der Waals surface area contributed by atoms with Gasteiger partial charge in [-0.15, -0.1) is 0 Å². The molecule has 3 heteroatoms. The van der Waals surface area contributed by atoms with Crippen LogP contribution in [0, 0.1) is 5.92 Å². The summed E-state index contributed by atoms with van der Waals surface area (Å²) in [4.78, 5) is 2.72. The van der Waals surface area contributed by atoms with E-state index in [1.54, 1.807) is 0 Å². The van der Waals surface area contributed by atoms with Crippen LogP contribution in [0.3, 0.4) is 0 Å². The van der Waals surface area contributed by atoms with Crippen molar-refractivity contribution in [1.82, 2.24) is 4.90 Å². The molecule has 0 aliphatic carbocycles. The number of ether oxygens (including phenoxy) is 1. The first-order valence-electron chi connectivity index (χ1n) is 7.67. The fourth-order valence-electron chi connectivity index (χ4n) is 3.54. The van der Waals surface area contributed by atoms with Crippen molar-refractivity contribution in [2.24, 2.45) is 11.7 Å². The second-order valence-electron chi connectivity index (χ2n) is 6.52. The number of piperidine rings is 1. The maximum absolute atomic E-state index is 5.97. The normalized spacial score (nSPS) is 43.0. The Morgan fingerprint density at radius 1 is 1.33 bits per heavy atom. The molecule has 4 unspecified atom stereocenters. The predicted molar refractivity (Wildman–Crippen MR) is 75.6 cm³/mol. The van der Waals surface area contributed by atoms with Gasteiger partial charge in [-0.1, -0.05) is 6.92 Å². The highest BCUT2D eigenvalue weighted by atomic mass is 16.5.